The number of benzene rings is 1. The van der Waals surface area contributed by atoms with Crippen LogP contribution in [0, 0.1) is 5.82 Å². The van der Waals surface area contributed by atoms with E-state index in [1.807, 2.05) is 4.90 Å². The summed E-state index contributed by atoms with van der Waals surface area (Å²) in [5, 5.41) is 4.48. The minimum Gasteiger partial charge on any atom is -0.463 e. The number of fused-ring (bicyclic) bond motifs is 1. The molecule has 4 aromatic rings. The molecule has 0 aliphatic carbocycles. The molecule has 3 aromatic heterocycles. The van der Waals surface area contributed by atoms with Crippen LogP contribution < -0.4 is 0 Å². The van der Waals surface area contributed by atoms with E-state index < -0.39 is 5.82 Å². The van der Waals surface area contributed by atoms with Gasteiger partial charge in [0.05, 0.1) is 17.2 Å². The second kappa shape index (κ2) is 7.16. The number of carbonyl (C=O) groups excluding carboxylic acids is 1. The molecule has 7 heteroatoms. The SMILES string of the molecule is O=C(c1cc(-c2ccco2)nc2onc(-c3ccccc3F)c12)N1CCCCC1. The zero-order chi connectivity index (χ0) is 19.8. The number of likely N-dealkylation sites (tertiary alicyclic amines) is 1. The molecule has 4 heterocycles. The van der Waals surface area contributed by atoms with Gasteiger partial charge in [0.15, 0.2) is 5.76 Å². The third kappa shape index (κ3) is 3.08. The fraction of sp³-hybridized carbons (Fsp3) is 0.227. The van der Waals surface area contributed by atoms with Gasteiger partial charge in [0.2, 0.25) is 0 Å². The van der Waals surface area contributed by atoms with Crippen molar-refractivity contribution in [3.63, 3.8) is 0 Å². The van der Waals surface area contributed by atoms with Crippen LogP contribution in [0.5, 0.6) is 0 Å². The molecule has 1 fully saturated rings. The number of carbonyl (C=O) groups is 1. The summed E-state index contributed by atoms with van der Waals surface area (Å²) in [6, 6.07) is 11.5. The molecule has 0 atom stereocenters. The molecule has 1 saturated heterocycles. The molecule has 146 valence electrons. The monoisotopic (exact) mass is 391 g/mol. The molecule has 0 saturated carbocycles. The maximum atomic E-state index is 14.5. The number of furan rings is 1. The van der Waals surface area contributed by atoms with E-state index in [0.29, 0.717) is 35.5 Å². The van der Waals surface area contributed by atoms with Crippen molar-refractivity contribution in [2.24, 2.45) is 0 Å². The summed E-state index contributed by atoms with van der Waals surface area (Å²) in [6.07, 6.45) is 4.59. The van der Waals surface area contributed by atoms with Crippen LogP contribution in [0.3, 0.4) is 0 Å². The van der Waals surface area contributed by atoms with Gasteiger partial charge in [0.1, 0.15) is 17.2 Å². The van der Waals surface area contributed by atoms with Gasteiger partial charge in [-0.25, -0.2) is 9.37 Å². The second-order valence-corrected chi connectivity index (χ2v) is 7.08. The minimum atomic E-state index is -0.436. The Morgan fingerprint density at radius 1 is 1.07 bits per heavy atom. The number of hydrogen-bond acceptors (Lipinski definition) is 5. The average Bonchev–Trinajstić information content (AvgIpc) is 3.44. The van der Waals surface area contributed by atoms with Crippen molar-refractivity contribution in [3.05, 3.63) is 60.1 Å². The van der Waals surface area contributed by atoms with E-state index in [4.69, 9.17) is 8.94 Å². The van der Waals surface area contributed by atoms with Gasteiger partial charge in [-0.15, -0.1) is 0 Å². The van der Waals surface area contributed by atoms with Crippen LogP contribution in [-0.4, -0.2) is 34.0 Å². The Balaban J connectivity index is 1.73. The van der Waals surface area contributed by atoms with Crippen molar-refractivity contribution in [2.75, 3.05) is 13.1 Å². The quantitative estimate of drug-likeness (QED) is 0.496. The predicted octanol–water partition coefficient (Wildman–Crippen LogP) is 4.92. The lowest BCUT2D eigenvalue weighted by atomic mass is 10.0. The van der Waals surface area contributed by atoms with Crippen LogP contribution in [0.1, 0.15) is 29.6 Å². The molecule has 1 aromatic carbocycles. The molecule has 29 heavy (non-hydrogen) atoms. The predicted molar refractivity (Wildman–Crippen MR) is 105 cm³/mol. The van der Waals surface area contributed by atoms with E-state index >= 15 is 0 Å². The van der Waals surface area contributed by atoms with Gasteiger partial charge in [-0.1, -0.05) is 17.3 Å². The number of pyridine rings is 1. The van der Waals surface area contributed by atoms with Crippen LogP contribution in [0.2, 0.25) is 0 Å². The van der Waals surface area contributed by atoms with Crippen molar-refractivity contribution < 1.29 is 18.1 Å². The smallest absolute Gasteiger partial charge is 0.259 e. The number of aromatic nitrogens is 2. The normalized spacial score (nSPS) is 14.4. The first kappa shape index (κ1) is 17.6. The lowest BCUT2D eigenvalue weighted by Gasteiger charge is -2.27. The topological polar surface area (TPSA) is 72.4 Å². The largest absolute Gasteiger partial charge is 0.463 e. The third-order valence-electron chi connectivity index (χ3n) is 5.22. The van der Waals surface area contributed by atoms with Crippen molar-refractivity contribution in [2.45, 2.75) is 19.3 Å². The highest BCUT2D eigenvalue weighted by Gasteiger charge is 2.27. The Labute approximate surface area is 165 Å². The molecule has 0 bridgehead atoms. The van der Waals surface area contributed by atoms with Crippen LogP contribution in [0.25, 0.3) is 33.8 Å². The highest BCUT2D eigenvalue weighted by molar-refractivity contribution is 6.10. The summed E-state index contributed by atoms with van der Waals surface area (Å²) in [7, 11) is 0. The first-order valence-corrected chi connectivity index (χ1v) is 9.61. The van der Waals surface area contributed by atoms with E-state index in [1.165, 1.54) is 6.07 Å². The van der Waals surface area contributed by atoms with Crippen molar-refractivity contribution in [1.29, 1.82) is 0 Å². The first-order chi connectivity index (χ1) is 14.2. The molecular weight excluding hydrogens is 373 g/mol. The van der Waals surface area contributed by atoms with Crippen LogP contribution in [-0.2, 0) is 0 Å². The van der Waals surface area contributed by atoms with Gasteiger partial charge in [0, 0.05) is 18.7 Å². The molecule has 0 spiro atoms. The van der Waals surface area contributed by atoms with Gasteiger partial charge < -0.3 is 13.8 Å². The Kier molecular flexibility index (Phi) is 4.35. The van der Waals surface area contributed by atoms with Crippen LogP contribution in [0.4, 0.5) is 4.39 Å². The van der Waals surface area contributed by atoms with Gasteiger partial charge in [-0.3, -0.25) is 4.79 Å². The van der Waals surface area contributed by atoms with Gasteiger partial charge in [-0.05, 0) is 49.6 Å². The van der Waals surface area contributed by atoms with E-state index in [-0.39, 0.29) is 22.9 Å². The molecule has 0 N–H and O–H groups in total. The van der Waals surface area contributed by atoms with Crippen molar-refractivity contribution in [1.82, 2.24) is 15.0 Å². The molecule has 1 aliphatic rings. The summed E-state index contributed by atoms with van der Waals surface area (Å²) in [5.74, 6) is -0.0525. The zero-order valence-electron chi connectivity index (χ0n) is 15.6. The Morgan fingerprint density at radius 2 is 1.90 bits per heavy atom. The number of nitrogens with zero attached hydrogens (tertiary/aromatic N) is 3. The van der Waals surface area contributed by atoms with Crippen molar-refractivity contribution >= 4 is 17.0 Å². The first-order valence-electron chi connectivity index (χ1n) is 9.61. The average molecular weight is 391 g/mol. The maximum absolute atomic E-state index is 14.5. The van der Waals surface area contributed by atoms with Crippen LogP contribution in [0.15, 0.2) is 57.7 Å². The summed E-state index contributed by atoms with van der Waals surface area (Å²) in [4.78, 5) is 19.7. The standard InChI is InChI=1S/C22H18FN3O3/c23-16-8-3-2-7-14(16)20-19-15(22(27)26-10-4-1-5-11-26)13-17(18-9-6-12-28-18)24-21(19)29-25-20/h2-3,6-9,12-13H,1,4-5,10-11H2. The molecule has 1 amide bonds. The number of halogens is 1. The van der Waals surface area contributed by atoms with Crippen molar-refractivity contribution in [3.8, 4) is 22.7 Å². The molecule has 0 radical (unpaired) electrons. The highest BCUT2D eigenvalue weighted by atomic mass is 19.1. The fourth-order valence-electron chi connectivity index (χ4n) is 3.77. The van der Waals surface area contributed by atoms with E-state index in [1.54, 1.807) is 42.7 Å². The maximum Gasteiger partial charge on any atom is 0.259 e. The zero-order valence-corrected chi connectivity index (χ0v) is 15.6. The second-order valence-electron chi connectivity index (χ2n) is 7.08. The Hall–Kier alpha value is -3.48. The molecule has 0 unspecified atom stereocenters. The van der Waals surface area contributed by atoms with Crippen LogP contribution >= 0.6 is 0 Å². The summed E-state index contributed by atoms with van der Waals surface area (Å²) < 4.78 is 25.3. The fourth-order valence-corrected chi connectivity index (χ4v) is 3.77. The number of hydrogen-bond donors (Lipinski definition) is 0. The molecule has 5 rings (SSSR count). The van der Waals surface area contributed by atoms with Gasteiger partial charge in [-0.2, -0.15) is 0 Å². The molecule has 1 aliphatic heterocycles. The lowest BCUT2D eigenvalue weighted by molar-refractivity contribution is 0.0726. The number of rotatable bonds is 3. The van der Waals surface area contributed by atoms with Gasteiger partial charge >= 0.3 is 0 Å². The number of piperidine rings is 1. The summed E-state index contributed by atoms with van der Waals surface area (Å²) >= 11 is 0. The summed E-state index contributed by atoms with van der Waals surface area (Å²) in [6.45, 7) is 1.39. The van der Waals surface area contributed by atoms with E-state index in [9.17, 15) is 9.18 Å². The Morgan fingerprint density at radius 3 is 2.66 bits per heavy atom. The Bertz CT molecular complexity index is 1180. The molecular formula is C22H18FN3O3. The van der Waals surface area contributed by atoms with E-state index in [0.717, 1.165) is 19.3 Å². The third-order valence-corrected chi connectivity index (χ3v) is 5.22. The minimum absolute atomic E-state index is 0.134. The van der Waals surface area contributed by atoms with Gasteiger partial charge in [0.25, 0.3) is 11.6 Å². The number of amides is 1. The summed E-state index contributed by atoms with van der Waals surface area (Å²) in [5.41, 5.74) is 1.59. The highest BCUT2D eigenvalue weighted by Crippen LogP contribution is 2.34. The van der Waals surface area contributed by atoms with E-state index in [2.05, 4.69) is 10.1 Å². The molecule has 6 nitrogen and oxygen atoms in total. The lowest BCUT2D eigenvalue weighted by Crippen LogP contribution is -2.35.